The molecule has 0 saturated heterocycles. The quantitative estimate of drug-likeness (QED) is 0.698. The Balaban J connectivity index is 2.43. The second kappa shape index (κ2) is 7.56. The molecule has 3 aromatic rings. The molecule has 0 atom stereocenters. The van der Waals surface area contributed by atoms with Crippen molar-refractivity contribution in [3.63, 3.8) is 0 Å². The van der Waals surface area contributed by atoms with Gasteiger partial charge in [0.1, 0.15) is 17.0 Å². The summed E-state index contributed by atoms with van der Waals surface area (Å²) in [4.78, 5) is 25.2. The van der Waals surface area contributed by atoms with Crippen LogP contribution >= 0.6 is 0 Å². The number of carbonyl (C=O) groups is 2. The first kappa shape index (κ1) is 19.2. The van der Waals surface area contributed by atoms with Crippen LogP contribution in [0.1, 0.15) is 32.0 Å². The highest BCUT2D eigenvalue weighted by atomic mass is 16.5. The number of ether oxygens (including phenoxy) is 2. The second-order valence-electron chi connectivity index (χ2n) is 6.26. The molecule has 28 heavy (non-hydrogen) atoms. The Morgan fingerprint density at radius 1 is 0.964 bits per heavy atom. The highest BCUT2D eigenvalue weighted by Crippen LogP contribution is 2.35. The summed E-state index contributed by atoms with van der Waals surface area (Å²) in [5.41, 5.74) is 2.91. The van der Waals surface area contributed by atoms with Crippen molar-refractivity contribution in [1.82, 2.24) is 9.78 Å². The van der Waals surface area contributed by atoms with Crippen LogP contribution in [0.3, 0.4) is 0 Å². The van der Waals surface area contributed by atoms with Gasteiger partial charge >= 0.3 is 11.9 Å². The number of benzene rings is 2. The van der Waals surface area contributed by atoms with Gasteiger partial charge in [-0.1, -0.05) is 18.2 Å². The number of nitrogens with zero attached hydrogens (tertiary/aromatic N) is 2. The van der Waals surface area contributed by atoms with Crippen LogP contribution in [-0.4, -0.2) is 41.0 Å². The van der Waals surface area contributed by atoms with Crippen LogP contribution in [0.5, 0.6) is 5.75 Å². The molecule has 0 aliphatic carbocycles. The zero-order chi connectivity index (χ0) is 20.4. The van der Waals surface area contributed by atoms with Crippen LogP contribution in [0, 0.1) is 13.8 Å². The van der Waals surface area contributed by atoms with Crippen molar-refractivity contribution < 1.29 is 24.2 Å². The van der Waals surface area contributed by atoms with E-state index in [9.17, 15) is 14.7 Å². The van der Waals surface area contributed by atoms with Gasteiger partial charge in [0.2, 0.25) is 0 Å². The van der Waals surface area contributed by atoms with Crippen LogP contribution in [-0.2, 0) is 9.47 Å². The van der Waals surface area contributed by atoms with Gasteiger partial charge in [0.25, 0.3) is 0 Å². The molecule has 0 radical (unpaired) electrons. The van der Waals surface area contributed by atoms with E-state index in [1.807, 2.05) is 6.07 Å². The van der Waals surface area contributed by atoms with Crippen LogP contribution in [0.15, 0.2) is 42.5 Å². The van der Waals surface area contributed by atoms with E-state index in [4.69, 9.17) is 9.47 Å². The number of hydrogen-bond donors (Lipinski definition) is 1. The van der Waals surface area contributed by atoms with Gasteiger partial charge in [-0.15, -0.1) is 0 Å². The summed E-state index contributed by atoms with van der Waals surface area (Å²) in [6.07, 6.45) is 0. The van der Waals surface area contributed by atoms with Crippen LogP contribution in [0.4, 0.5) is 0 Å². The van der Waals surface area contributed by atoms with Gasteiger partial charge in [-0.25, -0.2) is 14.3 Å². The number of rotatable bonds is 4. The van der Waals surface area contributed by atoms with E-state index in [-0.39, 0.29) is 22.7 Å². The molecule has 0 amide bonds. The van der Waals surface area contributed by atoms with E-state index in [0.717, 1.165) is 0 Å². The average Bonchev–Trinajstić information content (AvgIpc) is 3.06. The van der Waals surface area contributed by atoms with E-state index in [0.29, 0.717) is 22.4 Å². The maximum Gasteiger partial charge on any atom is 0.357 e. The molecular weight excluding hydrogens is 360 g/mol. The Morgan fingerprint density at radius 2 is 1.54 bits per heavy atom. The molecule has 0 aliphatic rings. The predicted molar refractivity (Wildman–Crippen MR) is 103 cm³/mol. The standard InChI is InChI=1S/C21H20N2O5/c1-12-10-15(24)11-13(2)16(12)18-17(20(25)27-3)19(21(26)28-4)23(22-18)14-8-6-5-7-9-14/h5-11,24H,1-4H3. The number of methoxy groups -OCH3 is 2. The van der Waals surface area contributed by atoms with E-state index >= 15 is 0 Å². The first-order valence-corrected chi connectivity index (χ1v) is 8.54. The lowest BCUT2D eigenvalue weighted by Crippen LogP contribution is -2.15. The molecule has 0 fully saturated rings. The lowest BCUT2D eigenvalue weighted by atomic mass is 9.96. The van der Waals surface area contributed by atoms with Crippen molar-refractivity contribution >= 4 is 11.9 Å². The largest absolute Gasteiger partial charge is 0.508 e. The summed E-state index contributed by atoms with van der Waals surface area (Å²) in [5, 5.41) is 14.4. The number of para-hydroxylation sites is 1. The summed E-state index contributed by atoms with van der Waals surface area (Å²) in [6.45, 7) is 3.59. The molecule has 0 bridgehead atoms. The summed E-state index contributed by atoms with van der Waals surface area (Å²) in [7, 11) is 2.48. The first-order chi connectivity index (χ1) is 13.4. The molecular formula is C21H20N2O5. The monoisotopic (exact) mass is 380 g/mol. The van der Waals surface area contributed by atoms with Gasteiger partial charge in [-0.05, 0) is 49.2 Å². The fourth-order valence-electron chi connectivity index (χ4n) is 3.24. The first-order valence-electron chi connectivity index (χ1n) is 8.54. The van der Waals surface area contributed by atoms with Crippen molar-refractivity contribution in [2.24, 2.45) is 0 Å². The maximum absolute atomic E-state index is 12.7. The number of aromatic hydroxyl groups is 1. The zero-order valence-electron chi connectivity index (χ0n) is 16.0. The molecule has 0 aliphatic heterocycles. The second-order valence-corrected chi connectivity index (χ2v) is 6.26. The number of phenolic OH excluding ortho intramolecular Hbond substituents is 1. The van der Waals surface area contributed by atoms with E-state index < -0.39 is 11.9 Å². The predicted octanol–water partition coefficient (Wildman–Crippen LogP) is 3.43. The minimum absolute atomic E-state index is 0.00935. The molecule has 7 nitrogen and oxygen atoms in total. The molecule has 0 unspecified atom stereocenters. The van der Waals surface area contributed by atoms with Gasteiger partial charge in [0.05, 0.1) is 19.9 Å². The summed E-state index contributed by atoms with van der Waals surface area (Å²) < 4.78 is 11.2. The summed E-state index contributed by atoms with van der Waals surface area (Å²) >= 11 is 0. The zero-order valence-corrected chi connectivity index (χ0v) is 16.0. The molecule has 0 spiro atoms. The third-order valence-electron chi connectivity index (χ3n) is 4.41. The number of carbonyl (C=O) groups excluding carboxylic acids is 2. The topological polar surface area (TPSA) is 90.6 Å². The van der Waals surface area contributed by atoms with Crippen molar-refractivity contribution in [2.45, 2.75) is 13.8 Å². The van der Waals surface area contributed by atoms with E-state index in [1.54, 1.807) is 50.2 Å². The van der Waals surface area contributed by atoms with Gasteiger partial charge < -0.3 is 14.6 Å². The third-order valence-corrected chi connectivity index (χ3v) is 4.41. The van der Waals surface area contributed by atoms with E-state index in [2.05, 4.69) is 5.10 Å². The minimum Gasteiger partial charge on any atom is -0.508 e. The van der Waals surface area contributed by atoms with Gasteiger partial charge in [0, 0.05) is 5.56 Å². The molecule has 0 saturated carbocycles. The normalized spacial score (nSPS) is 10.6. The van der Waals surface area contributed by atoms with Crippen LogP contribution in [0.25, 0.3) is 16.9 Å². The molecule has 3 rings (SSSR count). The minimum atomic E-state index is -0.711. The SMILES string of the molecule is COC(=O)c1c(-c2c(C)cc(O)cc2C)nn(-c2ccccc2)c1C(=O)OC. The van der Waals surface area contributed by atoms with Crippen molar-refractivity contribution in [1.29, 1.82) is 0 Å². The van der Waals surface area contributed by atoms with Gasteiger partial charge in [0.15, 0.2) is 5.69 Å². The Bertz CT molecular complexity index is 1030. The maximum atomic E-state index is 12.7. The number of phenols is 1. The highest BCUT2D eigenvalue weighted by Gasteiger charge is 2.32. The average molecular weight is 380 g/mol. The molecule has 2 aromatic carbocycles. The lowest BCUT2D eigenvalue weighted by Gasteiger charge is -2.10. The Kier molecular flexibility index (Phi) is 5.17. The fourth-order valence-corrected chi connectivity index (χ4v) is 3.24. The molecule has 1 aromatic heterocycles. The number of esters is 2. The van der Waals surface area contributed by atoms with Crippen LogP contribution < -0.4 is 0 Å². The Morgan fingerprint density at radius 3 is 2.07 bits per heavy atom. The fraction of sp³-hybridized carbons (Fsp3) is 0.190. The molecule has 1 N–H and O–H groups in total. The number of hydrogen-bond acceptors (Lipinski definition) is 6. The van der Waals surface area contributed by atoms with Crippen LogP contribution in [0.2, 0.25) is 0 Å². The van der Waals surface area contributed by atoms with Crippen molar-refractivity contribution in [3.8, 4) is 22.7 Å². The van der Waals surface area contributed by atoms with E-state index in [1.165, 1.54) is 18.9 Å². The lowest BCUT2D eigenvalue weighted by molar-refractivity contribution is 0.0549. The van der Waals surface area contributed by atoms with Gasteiger partial charge in [-0.3, -0.25) is 0 Å². The highest BCUT2D eigenvalue weighted by molar-refractivity contribution is 6.07. The Labute approximate surface area is 162 Å². The third kappa shape index (κ3) is 3.22. The molecule has 144 valence electrons. The molecule has 7 heteroatoms. The van der Waals surface area contributed by atoms with Crippen molar-refractivity contribution in [2.75, 3.05) is 14.2 Å². The summed E-state index contributed by atoms with van der Waals surface area (Å²) in [5.74, 6) is -1.31. The number of aryl methyl sites for hydroxylation is 2. The van der Waals surface area contributed by atoms with Crippen molar-refractivity contribution in [3.05, 3.63) is 64.8 Å². The summed E-state index contributed by atoms with van der Waals surface area (Å²) in [6, 6.07) is 12.1. The Hall–Kier alpha value is -3.61. The molecule has 1 heterocycles. The smallest absolute Gasteiger partial charge is 0.357 e. The van der Waals surface area contributed by atoms with Gasteiger partial charge in [-0.2, -0.15) is 5.10 Å². The number of aromatic nitrogens is 2.